The van der Waals surface area contributed by atoms with Crippen molar-refractivity contribution in [3.63, 3.8) is 0 Å². The van der Waals surface area contributed by atoms with Crippen LogP contribution in [-0.2, 0) is 0 Å². The molecule has 0 amide bonds. The maximum atomic E-state index is 6.02. The van der Waals surface area contributed by atoms with Crippen LogP contribution in [0.1, 0.15) is 36.1 Å². The average molecular weight is 245 g/mol. The first kappa shape index (κ1) is 12.6. The molecule has 1 atom stereocenters. The maximum Gasteiger partial charge on any atom is 0.128 e. The van der Waals surface area contributed by atoms with Gasteiger partial charge in [-0.05, 0) is 37.6 Å². The van der Waals surface area contributed by atoms with Gasteiger partial charge in [-0.3, -0.25) is 0 Å². The number of nitrogen functional groups attached to an aromatic ring is 1. The van der Waals surface area contributed by atoms with Gasteiger partial charge in [-0.1, -0.05) is 6.92 Å². The van der Waals surface area contributed by atoms with Crippen molar-refractivity contribution in [1.29, 1.82) is 0 Å². The van der Waals surface area contributed by atoms with E-state index in [1.807, 2.05) is 19.1 Å². The van der Waals surface area contributed by atoms with Crippen LogP contribution < -0.4 is 11.1 Å². The van der Waals surface area contributed by atoms with Gasteiger partial charge in [0.05, 0.1) is 18.6 Å². The summed E-state index contributed by atoms with van der Waals surface area (Å²) in [6.45, 7) is 5.11. The number of nitrogens with two attached hydrogens (primary N) is 1. The first-order chi connectivity index (χ1) is 8.74. The van der Waals surface area contributed by atoms with Crippen LogP contribution in [-0.4, -0.2) is 11.5 Å². The van der Waals surface area contributed by atoms with Gasteiger partial charge in [0.1, 0.15) is 5.82 Å². The topological polar surface area (TPSA) is 64.1 Å². The lowest BCUT2D eigenvalue weighted by Crippen LogP contribution is -2.24. The van der Waals surface area contributed by atoms with Crippen LogP contribution in [0.3, 0.4) is 0 Å². The average Bonchev–Trinajstić information content (AvgIpc) is 2.86. The quantitative estimate of drug-likeness (QED) is 0.850. The summed E-state index contributed by atoms with van der Waals surface area (Å²) in [4.78, 5) is 4.19. The summed E-state index contributed by atoms with van der Waals surface area (Å²) < 4.78 is 5.18. The minimum absolute atomic E-state index is 0.0393. The molecular formula is C14H19N3O. The number of furan rings is 1. The van der Waals surface area contributed by atoms with Crippen LogP contribution >= 0.6 is 0 Å². The highest BCUT2D eigenvalue weighted by Crippen LogP contribution is 2.28. The molecule has 4 heteroatoms. The molecule has 0 aliphatic rings. The molecule has 2 heterocycles. The van der Waals surface area contributed by atoms with E-state index in [1.165, 1.54) is 0 Å². The molecule has 0 radical (unpaired) electrons. The van der Waals surface area contributed by atoms with Gasteiger partial charge in [-0.2, -0.15) is 0 Å². The molecule has 0 saturated carbocycles. The molecule has 2 rings (SSSR count). The molecule has 0 bridgehead atoms. The number of rotatable bonds is 5. The molecule has 0 aliphatic carbocycles. The predicted octanol–water partition coefficient (Wildman–Crippen LogP) is 2.65. The van der Waals surface area contributed by atoms with E-state index in [0.29, 0.717) is 5.82 Å². The first-order valence-electron chi connectivity index (χ1n) is 6.20. The largest absolute Gasteiger partial charge is 0.472 e. The maximum absolute atomic E-state index is 6.02. The molecule has 1 unspecified atom stereocenters. The van der Waals surface area contributed by atoms with Crippen LogP contribution in [0, 0.1) is 6.92 Å². The Morgan fingerprint density at radius 1 is 1.44 bits per heavy atom. The Labute approximate surface area is 107 Å². The summed E-state index contributed by atoms with van der Waals surface area (Å²) in [7, 11) is 0. The number of aromatic nitrogens is 1. The lowest BCUT2D eigenvalue weighted by atomic mass is 9.97. The van der Waals surface area contributed by atoms with Gasteiger partial charge in [-0.25, -0.2) is 4.98 Å². The highest BCUT2D eigenvalue weighted by Gasteiger charge is 2.19. The Bertz CT molecular complexity index is 473. The number of hydrogen-bond donors (Lipinski definition) is 2. The van der Waals surface area contributed by atoms with Crippen molar-refractivity contribution in [3.05, 3.63) is 47.5 Å². The summed E-state index contributed by atoms with van der Waals surface area (Å²) in [6, 6.07) is 3.98. The Morgan fingerprint density at radius 2 is 2.28 bits per heavy atom. The standard InChI is InChI=1S/C14H19N3O/c1-3-6-16-13(11-5-8-18-9-11)12-10(2)4-7-17-14(12)15/h4-5,7-9,13,16H,3,6H2,1-2H3,(H2,15,17). The molecule has 96 valence electrons. The van der Waals surface area contributed by atoms with Crippen LogP contribution in [0.15, 0.2) is 35.3 Å². The number of anilines is 1. The monoisotopic (exact) mass is 245 g/mol. The predicted molar refractivity (Wildman–Crippen MR) is 72.2 cm³/mol. The molecule has 0 saturated heterocycles. The first-order valence-corrected chi connectivity index (χ1v) is 6.20. The fraction of sp³-hybridized carbons (Fsp3) is 0.357. The second-order valence-electron chi connectivity index (χ2n) is 4.37. The van der Waals surface area contributed by atoms with Crippen molar-refractivity contribution < 1.29 is 4.42 Å². The van der Waals surface area contributed by atoms with E-state index in [-0.39, 0.29) is 6.04 Å². The van der Waals surface area contributed by atoms with E-state index in [1.54, 1.807) is 18.7 Å². The smallest absolute Gasteiger partial charge is 0.128 e. The van der Waals surface area contributed by atoms with Crippen LogP contribution in [0.25, 0.3) is 0 Å². The van der Waals surface area contributed by atoms with Crippen molar-refractivity contribution in [1.82, 2.24) is 10.3 Å². The second-order valence-corrected chi connectivity index (χ2v) is 4.37. The summed E-state index contributed by atoms with van der Waals surface area (Å²) in [5.41, 5.74) is 9.26. The lowest BCUT2D eigenvalue weighted by Gasteiger charge is -2.20. The number of nitrogens with zero attached hydrogens (tertiary/aromatic N) is 1. The summed E-state index contributed by atoms with van der Waals surface area (Å²) in [6.07, 6.45) is 6.23. The van der Waals surface area contributed by atoms with Crippen molar-refractivity contribution in [2.75, 3.05) is 12.3 Å². The highest BCUT2D eigenvalue weighted by atomic mass is 16.3. The minimum atomic E-state index is 0.0393. The van der Waals surface area contributed by atoms with Crippen molar-refractivity contribution in [2.24, 2.45) is 0 Å². The molecule has 0 fully saturated rings. The van der Waals surface area contributed by atoms with E-state index in [2.05, 4.69) is 17.2 Å². The fourth-order valence-electron chi connectivity index (χ4n) is 2.08. The number of hydrogen-bond acceptors (Lipinski definition) is 4. The summed E-state index contributed by atoms with van der Waals surface area (Å²) in [5, 5.41) is 3.49. The summed E-state index contributed by atoms with van der Waals surface area (Å²) >= 11 is 0. The van der Waals surface area contributed by atoms with Gasteiger partial charge in [0, 0.05) is 17.3 Å². The lowest BCUT2D eigenvalue weighted by molar-refractivity contribution is 0.548. The van der Waals surface area contributed by atoms with Gasteiger partial charge in [-0.15, -0.1) is 0 Å². The van der Waals surface area contributed by atoms with Crippen LogP contribution in [0.2, 0.25) is 0 Å². The van der Waals surface area contributed by atoms with E-state index in [9.17, 15) is 0 Å². The molecule has 0 spiro atoms. The van der Waals surface area contributed by atoms with E-state index in [4.69, 9.17) is 10.2 Å². The zero-order chi connectivity index (χ0) is 13.0. The summed E-state index contributed by atoms with van der Waals surface area (Å²) in [5.74, 6) is 0.574. The molecule has 3 N–H and O–H groups in total. The second kappa shape index (κ2) is 5.69. The third-order valence-corrected chi connectivity index (χ3v) is 3.00. The van der Waals surface area contributed by atoms with Gasteiger partial charge in [0.2, 0.25) is 0 Å². The van der Waals surface area contributed by atoms with E-state index < -0.39 is 0 Å². The molecule has 2 aromatic heterocycles. The molecule has 0 aliphatic heterocycles. The number of pyridine rings is 1. The van der Waals surface area contributed by atoms with E-state index >= 15 is 0 Å². The normalized spacial score (nSPS) is 12.6. The third-order valence-electron chi connectivity index (χ3n) is 3.00. The Kier molecular flexibility index (Phi) is 3.99. The zero-order valence-corrected chi connectivity index (χ0v) is 10.8. The molecule has 4 nitrogen and oxygen atoms in total. The van der Waals surface area contributed by atoms with E-state index in [0.717, 1.165) is 29.7 Å². The molecule has 18 heavy (non-hydrogen) atoms. The van der Waals surface area contributed by atoms with Crippen molar-refractivity contribution >= 4 is 5.82 Å². The number of aryl methyl sites for hydroxylation is 1. The zero-order valence-electron chi connectivity index (χ0n) is 10.8. The van der Waals surface area contributed by atoms with Gasteiger partial charge >= 0.3 is 0 Å². The van der Waals surface area contributed by atoms with Gasteiger partial charge in [0.25, 0.3) is 0 Å². The molecular weight excluding hydrogens is 226 g/mol. The third kappa shape index (κ3) is 2.54. The van der Waals surface area contributed by atoms with Crippen molar-refractivity contribution in [3.8, 4) is 0 Å². The SMILES string of the molecule is CCCNC(c1ccoc1)c1c(C)ccnc1N. The minimum Gasteiger partial charge on any atom is -0.472 e. The van der Waals surface area contributed by atoms with Crippen LogP contribution in [0.4, 0.5) is 5.82 Å². The fourth-order valence-corrected chi connectivity index (χ4v) is 2.08. The van der Waals surface area contributed by atoms with Crippen molar-refractivity contribution in [2.45, 2.75) is 26.3 Å². The van der Waals surface area contributed by atoms with Gasteiger partial charge < -0.3 is 15.5 Å². The highest BCUT2D eigenvalue weighted by molar-refractivity contribution is 5.49. The van der Waals surface area contributed by atoms with Gasteiger partial charge in [0.15, 0.2) is 0 Å². The Balaban J connectivity index is 2.40. The Hall–Kier alpha value is -1.81. The molecule has 0 aromatic carbocycles. The molecule has 2 aromatic rings. The van der Waals surface area contributed by atoms with Crippen LogP contribution in [0.5, 0.6) is 0 Å². The Morgan fingerprint density at radius 3 is 2.89 bits per heavy atom. The number of nitrogens with one attached hydrogen (secondary N) is 1.